The topological polar surface area (TPSA) is 15.3 Å². The molecular weight excluding hydrogens is 196 g/mol. The highest BCUT2D eigenvalue weighted by atomic mass is 15.2. The third kappa shape index (κ3) is 4.84. The lowest BCUT2D eigenvalue weighted by molar-refractivity contribution is 0.175. The zero-order valence-electron chi connectivity index (χ0n) is 11.6. The van der Waals surface area contributed by atoms with Gasteiger partial charge in [0, 0.05) is 25.2 Å². The first-order valence-corrected chi connectivity index (χ1v) is 7.07. The average Bonchev–Trinajstić information content (AvgIpc) is 2.68. The number of hydrogen-bond donors (Lipinski definition) is 1. The Hall–Kier alpha value is -0.0800. The van der Waals surface area contributed by atoms with Crippen LogP contribution in [-0.4, -0.2) is 36.6 Å². The van der Waals surface area contributed by atoms with Crippen molar-refractivity contribution >= 4 is 0 Å². The van der Waals surface area contributed by atoms with Crippen molar-refractivity contribution in [2.45, 2.75) is 65.5 Å². The highest BCUT2D eigenvalue weighted by Crippen LogP contribution is 2.23. The molecule has 16 heavy (non-hydrogen) atoms. The van der Waals surface area contributed by atoms with E-state index in [1.807, 2.05) is 0 Å². The molecule has 1 N–H and O–H groups in total. The SMILES string of the molecule is CC(C)N(CCNCC1CCCC1)C(C)C. The monoisotopic (exact) mass is 226 g/mol. The van der Waals surface area contributed by atoms with E-state index < -0.39 is 0 Å². The second-order valence-electron chi connectivity index (χ2n) is 5.78. The number of nitrogens with zero attached hydrogens (tertiary/aromatic N) is 1. The molecule has 0 atom stereocenters. The molecule has 0 heterocycles. The molecule has 0 saturated heterocycles. The lowest BCUT2D eigenvalue weighted by atomic mass is 10.1. The molecule has 1 rings (SSSR count). The molecule has 96 valence electrons. The molecule has 2 heteroatoms. The Labute approximate surface area is 102 Å². The van der Waals surface area contributed by atoms with Gasteiger partial charge >= 0.3 is 0 Å². The average molecular weight is 226 g/mol. The molecule has 1 aliphatic carbocycles. The molecule has 0 aliphatic heterocycles. The van der Waals surface area contributed by atoms with Crippen LogP contribution in [0.3, 0.4) is 0 Å². The minimum Gasteiger partial charge on any atom is -0.315 e. The third-order valence-electron chi connectivity index (χ3n) is 3.78. The molecule has 0 aromatic heterocycles. The fraction of sp³-hybridized carbons (Fsp3) is 1.00. The zero-order valence-corrected chi connectivity index (χ0v) is 11.6. The van der Waals surface area contributed by atoms with Crippen molar-refractivity contribution in [3.63, 3.8) is 0 Å². The van der Waals surface area contributed by atoms with Gasteiger partial charge in [-0.25, -0.2) is 0 Å². The van der Waals surface area contributed by atoms with E-state index in [0.717, 1.165) is 12.5 Å². The van der Waals surface area contributed by atoms with Gasteiger partial charge in [-0.1, -0.05) is 12.8 Å². The van der Waals surface area contributed by atoms with E-state index in [2.05, 4.69) is 37.9 Å². The zero-order chi connectivity index (χ0) is 12.0. The molecule has 0 aromatic carbocycles. The normalized spacial score (nSPS) is 18.2. The Morgan fingerprint density at radius 1 is 1.06 bits per heavy atom. The van der Waals surface area contributed by atoms with E-state index in [-0.39, 0.29) is 0 Å². The Bertz CT molecular complexity index is 164. The number of rotatable bonds is 7. The highest BCUT2D eigenvalue weighted by Gasteiger charge is 2.15. The number of nitrogens with one attached hydrogen (secondary N) is 1. The molecule has 1 aliphatic rings. The molecule has 2 nitrogen and oxygen atoms in total. The van der Waals surface area contributed by atoms with Crippen LogP contribution in [-0.2, 0) is 0 Å². The van der Waals surface area contributed by atoms with Crippen LogP contribution in [0.4, 0.5) is 0 Å². The predicted molar refractivity (Wildman–Crippen MR) is 71.8 cm³/mol. The summed E-state index contributed by atoms with van der Waals surface area (Å²) in [6.45, 7) is 12.7. The second kappa shape index (κ2) is 7.29. The van der Waals surface area contributed by atoms with Gasteiger partial charge < -0.3 is 5.32 Å². The van der Waals surface area contributed by atoms with Crippen LogP contribution >= 0.6 is 0 Å². The van der Waals surface area contributed by atoms with Crippen LogP contribution < -0.4 is 5.32 Å². The molecule has 0 bridgehead atoms. The summed E-state index contributed by atoms with van der Waals surface area (Å²) in [4.78, 5) is 2.56. The summed E-state index contributed by atoms with van der Waals surface area (Å²) in [7, 11) is 0. The van der Waals surface area contributed by atoms with Crippen molar-refractivity contribution in [2.24, 2.45) is 5.92 Å². The van der Waals surface area contributed by atoms with E-state index in [1.54, 1.807) is 0 Å². The standard InChI is InChI=1S/C14H30N2/c1-12(2)16(13(3)4)10-9-15-11-14-7-5-6-8-14/h12-15H,5-11H2,1-4H3. The molecule has 0 amide bonds. The summed E-state index contributed by atoms with van der Waals surface area (Å²) >= 11 is 0. The Morgan fingerprint density at radius 2 is 1.62 bits per heavy atom. The van der Waals surface area contributed by atoms with Gasteiger partial charge in [-0.2, -0.15) is 0 Å². The lowest BCUT2D eigenvalue weighted by Crippen LogP contribution is -2.42. The largest absolute Gasteiger partial charge is 0.315 e. The quantitative estimate of drug-likeness (QED) is 0.672. The highest BCUT2D eigenvalue weighted by molar-refractivity contribution is 4.72. The van der Waals surface area contributed by atoms with E-state index in [9.17, 15) is 0 Å². The van der Waals surface area contributed by atoms with Gasteiger partial charge in [0.05, 0.1) is 0 Å². The summed E-state index contributed by atoms with van der Waals surface area (Å²) in [5.74, 6) is 0.964. The van der Waals surface area contributed by atoms with Crippen molar-refractivity contribution in [2.75, 3.05) is 19.6 Å². The minimum absolute atomic E-state index is 0.660. The maximum Gasteiger partial charge on any atom is 0.0112 e. The van der Waals surface area contributed by atoms with Crippen LogP contribution in [0.2, 0.25) is 0 Å². The number of hydrogen-bond acceptors (Lipinski definition) is 2. The predicted octanol–water partition coefficient (Wildman–Crippen LogP) is 2.89. The summed E-state index contributed by atoms with van der Waals surface area (Å²) in [6.07, 6.45) is 5.81. The van der Waals surface area contributed by atoms with Crippen LogP contribution in [0.25, 0.3) is 0 Å². The summed E-state index contributed by atoms with van der Waals surface area (Å²) in [6, 6.07) is 1.32. The third-order valence-corrected chi connectivity index (χ3v) is 3.78. The first-order valence-electron chi connectivity index (χ1n) is 7.07. The molecule has 0 spiro atoms. The smallest absolute Gasteiger partial charge is 0.0112 e. The Morgan fingerprint density at radius 3 is 2.12 bits per heavy atom. The lowest BCUT2D eigenvalue weighted by Gasteiger charge is -2.30. The van der Waals surface area contributed by atoms with Gasteiger partial charge in [-0.15, -0.1) is 0 Å². The summed E-state index contributed by atoms with van der Waals surface area (Å²) in [5, 5.41) is 3.63. The Balaban J connectivity index is 2.08. The minimum atomic E-state index is 0.660. The fourth-order valence-electron chi connectivity index (χ4n) is 2.84. The maximum atomic E-state index is 3.63. The van der Waals surface area contributed by atoms with Gasteiger partial charge in [-0.3, -0.25) is 4.90 Å². The van der Waals surface area contributed by atoms with Crippen molar-refractivity contribution in [3.8, 4) is 0 Å². The van der Waals surface area contributed by atoms with Crippen molar-refractivity contribution in [1.29, 1.82) is 0 Å². The molecule has 0 radical (unpaired) electrons. The molecule has 1 saturated carbocycles. The van der Waals surface area contributed by atoms with Gasteiger partial charge in [0.15, 0.2) is 0 Å². The van der Waals surface area contributed by atoms with Gasteiger partial charge in [0.1, 0.15) is 0 Å². The maximum absolute atomic E-state index is 3.63. The Kier molecular flexibility index (Phi) is 6.37. The fourth-order valence-corrected chi connectivity index (χ4v) is 2.84. The molecule has 0 unspecified atom stereocenters. The molecular formula is C14H30N2. The molecule has 0 aromatic rings. The van der Waals surface area contributed by atoms with Crippen LogP contribution in [0.15, 0.2) is 0 Å². The van der Waals surface area contributed by atoms with Crippen molar-refractivity contribution < 1.29 is 0 Å². The van der Waals surface area contributed by atoms with Crippen molar-refractivity contribution in [3.05, 3.63) is 0 Å². The van der Waals surface area contributed by atoms with E-state index >= 15 is 0 Å². The van der Waals surface area contributed by atoms with Crippen LogP contribution in [0, 0.1) is 5.92 Å². The van der Waals surface area contributed by atoms with Gasteiger partial charge in [0.25, 0.3) is 0 Å². The van der Waals surface area contributed by atoms with E-state index in [4.69, 9.17) is 0 Å². The van der Waals surface area contributed by atoms with Gasteiger partial charge in [0.2, 0.25) is 0 Å². The van der Waals surface area contributed by atoms with E-state index in [0.29, 0.717) is 12.1 Å². The van der Waals surface area contributed by atoms with Crippen LogP contribution in [0.1, 0.15) is 53.4 Å². The molecule has 1 fully saturated rings. The summed E-state index contributed by atoms with van der Waals surface area (Å²) < 4.78 is 0. The summed E-state index contributed by atoms with van der Waals surface area (Å²) in [5.41, 5.74) is 0. The first kappa shape index (κ1) is 14.0. The van der Waals surface area contributed by atoms with E-state index in [1.165, 1.54) is 38.8 Å². The van der Waals surface area contributed by atoms with Crippen LogP contribution in [0.5, 0.6) is 0 Å². The second-order valence-corrected chi connectivity index (χ2v) is 5.78. The van der Waals surface area contributed by atoms with Crippen molar-refractivity contribution in [1.82, 2.24) is 10.2 Å². The first-order chi connectivity index (χ1) is 7.61. The van der Waals surface area contributed by atoms with Gasteiger partial charge in [-0.05, 0) is 53.0 Å².